The highest BCUT2D eigenvalue weighted by Crippen LogP contribution is 2.17. The van der Waals surface area contributed by atoms with Crippen LogP contribution in [0.3, 0.4) is 0 Å². The molecule has 4 heteroatoms. The van der Waals surface area contributed by atoms with Crippen LogP contribution in [0.5, 0.6) is 0 Å². The van der Waals surface area contributed by atoms with Crippen molar-refractivity contribution < 1.29 is 4.74 Å². The number of nitrogens with zero attached hydrogens (tertiary/aromatic N) is 3. The molecule has 0 amide bonds. The Labute approximate surface area is 100 Å². The number of ether oxygens (including phenoxy) is 1. The SMILES string of the molecule is COCCCc1nc2ccc(C#N)cc2n1C. The Morgan fingerprint density at radius 1 is 1.47 bits per heavy atom. The highest BCUT2D eigenvalue weighted by atomic mass is 16.5. The van der Waals surface area contributed by atoms with E-state index in [1.54, 1.807) is 13.2 Å². The van der Waals surface area contributed by atoms with E-state index in [9.17, 15) is 0 Å². The van der Waals surface area contributed by atoms with Crippen molar-refractivity contribution in [2.75, 3.05) is 13.7 Å². The summed E-state index contributed by atoms with van der Waals surface area (Å²) in [6.07, 6.45) is 1.85. The predicted molar refractivity (Wildman–Crippen MR) is 65.6 cm³/mol. The third kappa shape index (κ3) is 2.29. The van der Waals surface area contributed by atoms with E-state index in [0.717, 1.165) is 36.3 Å². The highest BCUT2D eigenvalue weighted by molar-refractivity contribution is 5.77. The maximum atomic E-state index is 8.87. The quantitative estimate of drug-likeness (QED) is 0.754. The van der Waals surface area contributed by atoms with E-state index in [4.69, 9.17) is 10.00 Å². The Kier molecular flexibility index (Phi) is 3.40. The molecule has 0 aliphatic rings. The van der Waals surface area contributed by atoms with Gasteiger partial charge in [0, 0.05) is 27.2 Å². The molecule has 0 spiro atoms. The van der Waals surface area contributed by atoms with Gasteiger partial charge in [-0.3, -0.25) is 0 Å². The van der Waals surface area contributed by atoms with Gasteiger partial charge in [0.2, 0.25) is 0 Å². The fraction of sp³-hybridized carbons (Fsp3) is 0.385. The molecule has 88 valence electrons. The van der Waals surface area contributed by atoms with Crippen molar-refractivity contribution in [3.8, 4) is 6.07 Å². The van der Waals surface area contributed by atoms with Crippen LogP contribution in [0.25, 0.3) is 11.0 Å². The molecule has 0 atom stereocenters. The maximum absolute atomic E-state index is 8.87. The van der Waals surface area contributed by atoms with Crippen LogP contribution >= 0.6 is 0 Å². The zero-order chi connectivity index (χ0) is 12.3. The fourth-order valence-electron chi connectivity index (χ4n) is 1.91. The number of rotatable bonds is 4. The van der Waals surface area contributed by atoms with E-state index < -0.39 is 0 Å². The Morgan fingerprint density at radius 2 is 2.29 bits per heavy atom. The van der Waals surface area contributed by atoms with Crippen LogP contribution in [-0.2, 0) is 18.2 Å². The minimum Gasteiger partial charge on any atom is -0.385 e. The van der Waals surface area contributed by atoms with Crippen LogP contribution in [0.4, 0.5) is 0 Å². The van der Waals surface area contributed by atoms with Crippen molar-refractivity contribution in [3.05, 3.63) is 29.6 Å². The Bertz CT molecular complexity index is 566. The van der Waals surface area contributed by atoms with Gasteiger partial charge >= 0.3 is 0 Å². The molecule has 0 radical (unpaired) electrons. The zero-order valence-corrected chi connectivity index (χ0v) is 10.1. The maximum Gasteiger partial charge on any atom is 0.109 e. The van der Waals surface area contributed by atoms with E-state index in [1.807, 2.05) is 23.7 Å². The number of hydrogen-bond donors (Lipinski definition) is 0. The first-order valence-electron chi connectivity index (χ1n) is 5.60. The van der Waals surface area contributed by atoms with Crippen molar-refractivity contribution in [3.63, 3.8) is 0 Å². The molecule has 0 unspecified atom stereocenters. The van der Waals surface area contributed by atoms with Gasteiger partial charge < -0.3 is 9.30 Å². The Hall–Kier alpha value is -1.86. The van der Waals surface area contributed by atoms with Crippen molar-refractivity contribution in [1.29, 1.82) is 5.26 Å². The monoisotopic (exact) mass is 229 g/mol. The van der Waals surface area contributed by atoms with E-state index in [1.165, 1.54) is 0 Å². The summed E-state index contributed by atoms with van der Waals surface area (Å²) < 4.78 is 7.08. The van der Waals surface area contributed by atoms with Crippen LogP contribution < -0.4 is 0 Å². The zero-order valence-electron chi connectivity index (χ0n) is 10.1. The van der Waals surface area contributed by atoms with Gasteiger partial charge in [0.1, 0.15) is 5.82 Å². The molecule has 1 heterocycles. The molecule has 4 nitrogen and oxygen atoms in total. The summed E-state index contributed by atoms with van der Waals surface area (Å²) in [5.74, 6) is 1.03. The standard InChI is InChI=1S/C13H15N3O/c1-16-12-8-10(9-14)5-6-11(12)15-13(16)4-3-7-17-2/h5-6,8H,3-4,7H2,1-2H3. The fourth-order valence-corrected chi connectivity index (χ4v) is 1.91. The summed E-state index contributed by atoms with van der Waals surface area (Å²) in [5.41, 5.74) is 2.62. The van der Waals surface area contributed by atoms with Crippen LogP contribution in [0.15, 0.2) is 18.2 Å². The summed E-state index contributed by atoms with van der Waals surface area (Å²) in [6, 6.07) is 7.72. The van der Waals surface area contributed by atoms with Crippen molar-refractivity contribution >= 4 is 11.0 Å². The van der Waals surface area contributed by atoms with Crippen LogP contribution in [0.1, 0.15) is 17.8 Å². The lowest BCUT2D eigenvalue weighted by molar-refractivity contribution is 0.194. The normalized spacial score (nSPS) is 10.6. The molecule has 2 rings (SSSR count). The van der Waals surface area contributed by atoms with E-state index >= 15 is 0 Å². The number of imidazole rings is 1. The third-order valence-electron chi connectivity index (χ3n) is 2.85. The van der Waals surface area contributed by atoms with E-state index in [-0.39, 0.29) is 0 Å². The highest BCUT2D eigenvalue weighted by Gasteiger charge is 2.07. The van der Waals surface area contributed by atoms with Gasteiger partial charge in [0.25, 0.3) is 0 Å². The summed E-state index contributed by atoms with van der Waals surface area (Å²) in [6.45, 7) is 0.743. The number of methoxy groups -OCH3 is 1. The lowest BCUT2D eigenvalue weighted by atomic mass is 10.2. The average molecular weight is 229 g/mol. The van der Waals surface area contributed by atoms with Crippen LogP contribution in [-0.4, -0.2) is 23.3 Å². The van der Waals surface area contributed by atoms with Gasteiger partial charge in [-0.25, -0.2) is 4.98 Å². The molecule has 0 aliphatic carbocycles. The van der Waals surface area contributed by atoms with Crippen LogP contribution in [0, 0.1) is 11.3 Å². The number of benzene rings is 1. The van der Waals surface area contributed by atoms with Gasteiger partial charge in [-0.15, -0.1) is 0 Å². The number of nitriles is 1. The van der Waals surface area contributed by atoms with Gasteiger partial charge in [0.05, 0.1) is 22.7 Å². The largest absolute Gasteiger partial charge is 0.385 e. The lowest BCUT2D eigenvalue weighted by Gasteiger charge is -2.01. The lowest BCUT2D eigenvalue weighted by Crippen LogP contribution is -2.00. The van der Waals surface area contributed by atoms with Crippen molar-refractivity contribution in [2.24, 2.45) is 7.05 Å². The number of hydrogen-bond acceptors (Lipinski definition) is 3. The molecule has 0 aliphatic heterocycles. The molecule has 2 aromatic rings. The molecular formula is C13H15N3O. The molecule has 17 heavy (non-hydrogen) atoms. The first kappa shape index (κ1) is 11.6. The van der Waals surface area contributed by atoms with E-state index in [0.29, 0.717) is 5.56 Å². The molecule has 1 aromatic carbocycles. The second kappa shape index (κ2) is 4.98. The first-order valence-corrected chi connectivity index (χ1v) is 5.60. The summed E-state index contributed by atoms with van der Waals surface area (Å²) in [4.78, 5) is 4.56. The molecule has 1 aromatic heterocycles. The van der Waals surface area contributed by atoms with Crippen LogP contribution in [0.2, 0.25) is 0 Å². The number of aryl methyl sites for hydroxylation is 2. The first-order chi connectivity index (χ1) is 8.26. The Morgan fingerprint density at radius 3 is 3.00 bits per heavy atom. The minimum absolute atomic E-state index is 0.670. The molecule has 0 saturated heterocycles. The molecule has 0 saturated carbocycles. The number of aromatic nitrogens is 2. The summed E-state index contributed by atoms with van der Waals surface area (Å²) in [7, 11) is 3.69. The predicted octanol–water partition coefficient (Wildman–Crippen LogP) is 2.02. The molecule has 0 fully saturated rings. The minimum atomic E-state index is 0.670. The molecule has 0 bridgehead atoms. The van der Waals surface area contributed by atoms with Crippen molar-refractivity contribution in [1.82, 2.24) is 9.55 Å². The topological polar surface area (TPSA) is 50.8 Å². The van der Waals surface area contributed by atoms with E-state index in [2.05, 4.69) is 11.1 Å². The third-order valence-corrected chi connectivity index (χ3v) is 2.85. The van der Waals surface area contributed by atoms with Gasteiger partial charge in [-0.1, -0.05) is 0 Å². The summed E-state index contributed by atoms with van der Waals surface area (Å²) in [5, 5.41) is 8.87. The molecular weight excluding hydrogens is 214 g/mol. The van der Waals surface area contributed by atoms with Gasteiger partial charge in [-0.05, 0) is 24.6 Å². The van der Waals surface area contributed by atoms with Crippen molar-refractivity contribution in [2.45, 2.75) is 12.8 Å². The second-order valence-electron chi connectivity index (χ2n) is 4.00. The number of fused-ring (bicyclic) bond motifs is 1. The molecule has 0 N–H and O–H groups in total. The second-order valence-corrected chi connectivity index (χ2v) is 4.00. The summed E-state index contributed by atoms with van der Waals surface area (Å²) >= 11 is 0. The average Bonchev–Trinajstić information content (AvgIpc) is 2.66. The smallest absolute Gasteiger partial charge is 0.109 e. The van der Waals surface area contributed by atoms with Gasteiger partial charge in [-0.2, -0.15) is 5.26 Å². The van der Waals surface area contributed by atoms with Gasteiger partial charge in [0.15, 0.2) is 0 Å². The Balaban J connectivity index is 2.33.